The van der Waals surface area contributed by atoms with Crippen LogP contribution in [0, 0.1) is 5.82 Å². The lowest BCUT2D eigenvalue weighted by molar-refractivity contribution is 0.299. The lowest BCUT2D eigenvalue weighted by atomic mass is 10.2. The quantitative estimate of drug-likeness (QED) is 0.342. The van der Waals surface area contributed by atoms with Gasteiger partial charge in [0.2, 0.25) is 0 Å². The van der Waals surface area contributed by atoms with Gasteiger partial charge in [-0.2, -0.15) is 0 Å². The summed E-state index contributed by atoms with van der Waals surface area (Å²) in [5.74, 6) is 1.35. The van der Waals surface area contributed by atoms with Gasteiger partial charge in [-0.1, -0.05) is 41.9 Å². The number of ether oxygens (including phenoxy) is 1. The molecule has 0 bridgehead atoms. The van der Waals surface area contributed by atoms with Crippen LogP contribution in [0.3, 0.4) is 0 Å². The van der Waals surface area contributed by atoms with E-state index >= 15 is 0 Å². The average molecular weight is 424 g/mol. The number of para-hydroxylation sites is 2. The molecular weight excluding hydrogens is 401 g/mol. The number of benzene rings is 3. The molecule has 0 saturated carbocycles. The monoisotopic (exact) mass is 423 g/mol. The molecule has 0 atom stereocenters. The zero-order valence-corrected chi connectivity index (χ0v) is 17.3. The summed E-state index contributed by atoms with van der Waals surface area (Å²) in [6.45, 7) is 1.71. The Morgan fingerprint density at radius 3 is 2.77 bits per heavy atom. The van der Waals surface area contributed by atoms with E-state index in [-0.39, 0.29) is 12.4 Å². The van der Waals surface area contributed by atoms with Crippen LogP contribution in [-0.4, -0.2) is 16.5 Å². The van der Waals surface area contributed by atoms with Gasteiger partial charge in [-0.15, -0.1) is 0 Å². The van der Waals surface area contributed by atoms with E-state index in [1.165, 1.54) is 6.07 Å². The van der Waals surface area contributed by atoms with Crippen molar-refractivity contribution < 1.29 is 9.13 Å². The molecule has 0 unspecified atom stereocenters. The van der Waals surface area contributed by atoms with Crippen molar-refractivity contribution in [3.63, 3.8) is 0 Å². The van der Waals surface area contributed by atoms with Gasteiger partial charge in [0.15, 0.2) is 0 Å². The van der Waals surface area contributed by atoms with Crippen LogP contribution in [0.4, 0.5) is 4.39 Å². The number of aryl methyl sites for hydroxylation is 1. The molecule has 0 saturated heterocycles. The molecule has 6 heteroatoms. The largest absolute Gasteiger partial charge is 0.489 e. The maximum atomic E-state index is 13.9. The van der Waals surface area contributed by atoms with Gasteiger partial charge in [-0.3, -0.25) is 0 Å². The molecule has 0 aliphatic rings. The molecule has 0 radical (unpaired) electrons. The minimum Gasteiger partial charge on any atom is -0.489 e. The zero-order valence-electron chi connectivity index (χ0n) is 16.5. The van der Waals surface area contributed by atoms with E-state index in [0.717, 1.165) is 48.4 Å². The Labute approximate surface area is 180 Å². The van der Waals surface area contributed by atoms with Crippen LogP contribution in [0.1, 0.15) is 23.4 Å². The maximum absolute atomic E-state index is 13.9. The Hall–Kier alpha value is -2.89. The number of aromatic nitrogens is 2. The van der Waals surface area contributed by atoms with Gasteiger partial charge in [0.25, 0.3) is 0 Å². The molecule has 4 nitrogen and oxygen atoms in total. The normalized spacial score (nSPS) is 11.1. The van der Waals surface area contributed by atoms with Gasteiger partial charge in [0.05, 0.1) is 16.1 Å². The second kappa shape index (κ2) is 9.74. The third-order valence-electron chi connectivity index (χ3n) is 4.88. The van der Waals surface area contributed by atoms with Crippen LogP contribution in [-0.2, 0) is 19.6 Å². The van der Waals surface area contributed by atoms with Crippen LogP contribution in [0.5, 0.6) is 5.75 Å². The van der Waals surface area contributed by atoms with Crippen molar-refractivity contribution in [1.29, 1.82) is 0 Å². The van der Waals surface area contributed by atoms with Gasteiger partial charge in [-0.05, 0) is 54.9 Å². The lowest BCUT2D eigenvalue weighted by Gasteiger charge is -2.10. The number of hydrogen-bond donors (Lipinski definition) is 2. The number of halogens is 2. The molecule has 30 heavy (non-hydrogen) atoms. The molecule has 3 aromatic carbocycles. The molecule has 1 aromatic heterocycles. The van der Waals surface area contributed by atoms with Crippen LogP contribution in [0.2, 0.25) is 5.02 Å². The Kier molecular flexibility index (Phi) is 6.62. The number of fused-ring (bicyclic) bond motifs is 1. The van der Waals surface area contributed by atoms with Crippen LogP contribution in [0.25, 0.3) is 11.0 Å². The number of imidazole rings is 1. The number of rotatable bonds is 9. The van der Waals surface area contributed by atoms with Crippen molar-refractivity contribution in [2.24, 2.45) is 0 Å². The maximum Gasteiger partial charge on any atom is 0.131 e. The summed E-state index contributed by atoms with van der Waals surface area (Å²) in [5.41, 5.74) is 3.56. The second-order valence-corrected chi connectivity index (χ2v) is 7.52. The minimum absolute atomic E-state index is 0.0971. The van der Waals surface area contributed by atoms with E-state index in [9.17, 15) is 4.39 Å². The first-order chi connectivity index (χ1) is 14.7. The third kappa shape index (κ3) is 5.17. The van der Waals surface area contributed by atoms with Crippen LogP contribution >= 0.6 is 11.6 Å². The van der Waals surface area contributed by atoms with E-state index in [1.807, 2.05) is 48.5 Å². The molecule has 1 heterocycles. The van der Waals surface area contributed by atoms with E-state index in [4.69, 9.17) is 16.3 Å². The fourth-order valence-corrected chi connectivity index (χ4v) is 3.53. The Morgan fingerprint density at radius 2 is 1.90 bits per heavy atom. The average Bonchev–Trinajstić information content (AvgIpc) is 3.16. The smallest absolute Gasteiger partial charge is 0.131 e. The molecule has 0 aliphatic heterocycles. The summed E-state index contributed by atoms with van der Waals surface area (Å²) < 4.78 is 19.6. The Bertz CT molecular complexity index is 1080. The number of H-pyrrole nitrogens is 1. The number of hydrogen-bond acceptors (Lipinski definition) is 3. The summed E-state index contributed by atoms with van der Waals surface area (Å²) in [6, 6.07) is 20.5. The van der Waals surface area contributed by atoms with E-state index in [2.05, 4.69) is 15.3 Å². The zero-order chi connectivity index (χ0) is 20.8. The van der Waals surface area contributed by atoms with Gasteiger partial charge in [0, 0.05) is 18.5 Å². The fourth-order valence-electron chi connectivity index (χ4n) is 3.31. The molecule has 0 fully saturated rings. The second-order valence-electron chi connectivity index (χ2n) is 7.12. The van der Waals surface area contributed by atoms with E-state index in [0.29, 0.717) is 16.3 Å². The molecule has 2 N–H and O–H groups in total. The first-order valence-corrected chi connectivity index (χ1v) is 10.4. The summed E-state index contributed by atoms with van der Waals surface area (Å²) >= 11 is 6.06. The highest BCUT2D eigenvalue weighted by molar-refractivity contribution is 6.31. The number of nitrogens with zero attached hydrogens (tertiary/aromatic N) is 1. The summed E-state index contributed by atoms with van der Waals surface area (Å²) in [6.07, 6.45) is 1.88. The van der Waals surface area contributed by atoms with Gasteiger partial charge < -0.3 is 15.0 Å². The first kappa shape index (κ1) is 20.4. The SMILES string of the molecule is Fc1cccc(Cl)c1COc1cccc(CNCCCc2nc3ccccc3[nH]2)c1. The number of nitrogens with one attached hydrogen (secondary N) is 2. The minimum atomic E-state index is -0.357. The molecule has 4 aromatic rings. The Morgan fingerprint density at radius 1 is 1.03 bits per heavy atom. The predicted octanol–water partition coefficient (Wildman–Crippen LogP) is 5.66. The highest BCUT2D eigenvalue weighted by atomic mass is 35.5. The predicted molar refractivity (Wildman–Crippen MR) is 118 cm³/mol. The molecule has 0 amide bonds. The lowest BCUT2D eigenvalue weighted by Crippen LogP contribution is -2.15. The van der Waals surface area contributed by atoms with Gasteiger partial charge >= 0.3 is 0 Å². The van der Waals surface area contributed by atoms with Crippen LogP contribution < -0.4 is 10.1 Å². The van der Waals surface area contributed by atoms with Crippen molar-refractivity contribution in [3.05, 3.63) is 94.5 Å². The van der Waals surface area contributed by atoms with Crippen molar-refractivity contribution in [2.45, 2.75) is 26.0 Å². The topological polar surface area (TPSA) is 49.9 Å². The highest BCUT2D eigenvalue weighted by Crippen LogP contribution is 2.22. The van der Waals surface area contributed by atoms with Gasteiger partial charge in [-0.25, -0.2) is 9.37 Å². The van der Waals surface area contributed by atoms with E-state index in [1.54, 1.807) is 12.1 Å². The first-order valence-electron chi connectivity index (χ1n) is 9.98. The third-order valence-corrected chi connectivity index (χ3v) is 5.23. The molecule has 154 valence electrons. The fraction of sp³-hybridized carbons (Fsp3) is 0.208. The molecule has 0 aliphatic carbocycles. The molecule has 4 rings (SSSR count). The summed E-state index contributed by atoms with van der Waals surface area (Å²) in [7, 11) is 0. The van der Waals surface area contributed by atoms with E-state index < -0.39 is 0 Å². The van der Waals surface area contributed by atoms with Crippen molar-refractivity contribution in [3.8, 4) is 5.75 Å². The number of aromatic amines is 1. The van der Waals surface area contributed by atoms with Crippen molar-refractivity contribution in [2.75, 3.05) is 6.54 Å². The van der Waals surface area contributed by atoms with Gasteiger partial charge in [0.1, 0.15) is 24.0 Å². The Balaban J connectivity index is 1.23. The highest BCUT2D eigenvalue weighted by Gasteiger charge is 2.08. The standard InChI is InChI=1S/C24H23ClFN3O/c25-20-8-4-9-21(26)19(20)16-30-18-7-3-6-17(14-18)15-27-13-5-12-24-28-22-10-1-2-11-23(22)29-24/h1-4,6-11,14,27H,5,12-13,15-16H2,(H,28,29). The summed E-state index contributed by atoms with van der Waals surface area (Å²) in [5, 5.41) is 3.82. The summed E-state index contributed by atoms with van der Waals surface area (Å²) in [4.78, 5) is 7.96. The van der Waals surface area contributed by atoms with Crippen LogP contribution in [0.15, 0.2) is 66.7 Å². The molecular formula is C24H23ClFN3O. The van der Waals surface area contributed by atoms with Crippen molar-refractivity contribution >= 4 is 22.6 Å². The molecule has 0 spiro atoms. The van der Waals surface area contributed by atoms with Crippen molar-refractivity contribution in [1.82, 2.24) is 15.3 Å².